The quantitative estimate of drug-likeness (QED) is 0.407. The van der Waals surface area contributed by atoms with Gasteiger partial charge in [0.05, 0.1) is 0 Å². The summed E-state index contributed by atoms with van der Waals surface area (Å²) >= 11 is 0. The molecule has 0 spiro atoms. The van der Waals surface area contributed by atoms with Crippen molar-refractivity contribution in [3.05, 3.63) is 0 Å². The number of hydrogen-bond acceptors (Lipinski definition) is 7. The second-order valence-corrected chi connectivity index (χ2v) is 8.41. The summed E-state index contributed by atoms with van der Waals surface area (Å²) in [6.07, 6.45) is 0.764. The lowest BCUT2D eigenvalue weighted by atomic mass is 10.5. The van der Waals surface area contributed by atoms with Gasteiger partial charge in [-0.05, 0) is 39.4 Å². The lowest BCUT2D eigenvalue weighted by molar-refractivity contribution is -0.358. The molecule has 0 aliphatic rings. The average molecular weight is 340 g/mol. The van der Waals surface area contributed by atoms with E-state index >= 15 is 0 Å². The molecule has 0 rings (SSSR count). The van der Waals surface area contributed by atoms with Crippen molar-refractivity contribution in [1.82, 2.24) is 0 Å². The van der Waals surface area contributed by atoms with Gasteiger partial charge in [-0.2, -0.15) is 0 Å². The van der Waals surface area contributed by atoms with Gasteiger partial charge in [-0.3, -0.25) is 0 Å². The minimum absolute atomic E-state index is 0.457. The van der Waals surface area contributed by atoms with Crippen molar-refractivity contribution in [3.63, 3.8) is 0 Å². The molecule has 22 heavy (non-hydrogen) atoms. The molecule has 8 heteroatoms. The second-order valence-electron chi connectivity index (χ2n) is 5.23. The van der Waals surface area contributed by atoms with Gasteiger partial charge in [0.15, 0.2) is 0 Å². The van der Waals surface area contributed by atoms with Crippen LogP contribution in [0.4, 0.5) is 0 Å². The normalized spacial score (nSPS) is 20.2. The first-order valence-electron chi connectivity index (χ1n) is 7.70. The van der Waals surface area contributed by atoms with Crippen LogP contribution >= 0.6 is 0 Å². The Bertz CT molecular complexity index is 287. The van der Waals surface area contributed by atoms with E-state index in [9.17, 15) is 0 Å². The molecule has 0 aromatic carbocycles. The molecule has 2 atom stereocenters. The third-order valence-electron chi connectivity index (χ3n) is 3.19. The molecule has 0 bridgehead atoms. The van der Waals surface area contributed by atoms with Crippen molar-refractivity contribution >= 4 is 8.56 Å². The van der Waals surface area contributed by atoms with E-state index in [1.165, 1.54) is 14.2 Å². The molecule has 0 saturated carbocycles. The zero-order valence-corrected chi connectivity index (χ0v) is 16.1. The standard InChI is InChI=1S/C14H33NO6Si/c1-8-18-13(3,16-5)20-22(7,12-10-11-15)21-14(4,17-6)19-9-2/h8-12,15H2,1-7H3. The Kier molecular flexibility index (Phi) is 9.91. The van der Waals surface area contributed by atoms with Gasteiger partial charge in [-0.1, -0.05) is 0 Å². The minimum atomic E-state index is -2.74. The zero-order valence-electron chi connectivity index (χ0n) is 15.1. The molecule has 0 aromatic heterocycles. The van der Waals surface area contributed by atoms with E-state index in [4.69, 9.17) is 33.5 Å². The Morgan fingerprint density at radius 2 is 1.32 bits per heavy atom. The fourth-order valence-electron chi connectivity index (χ4n) is 2.11. The maximum absolute atomic E-state index is 6.12. The number of methoxy groups -OCH3 is 2. The smallest absolute Gasteiger partial charge is 0.343 e. The first kappa shape index (κ1) is 21.9. The Morgan fingerprint density at radius 3 is 1.59 bits per heavy atom. The van der Waals surface area contributed by atoms with Crippen LogP contribution in [0.25, 0.3) is 0 Å². The van der Waals surface area contributed by atoms with Gasteiger partial charge in [-0.15, -0.1) is 0 Å². The first-order valence-corrected chi connectivity index (χ1v) is 10.2. The lowest BCUT2D eigenvalue weighted by Crippen LogP contribution is -2.55. The molecule has 0 fully saturated rings. The third-order valence-corrected chi connectivity index (χ3v) is 6.06. The highest BCUT2D eigenvalue weighted by atomic mass is 28.4. The van der Waals surface area contributed by atoms with E-state index in [-0.39, 0.29) is 0 Å². The number of rotatable bonds is 13. The molecule has 0 heterocycles. The summed E-state index contributed by atoms with van der Waals surface area (Å²) in [4.78, 5) is 0. The Hall–Kier alpha value is -0.0631. The van der Waals surface area contributed by atoms with Crippen LogP contribution < -0.4 is 5.73 Å². The van der Waals surface area contributed by atoms with Crippen molar-refractivity contribution < 1.29 is 27.8 Å². The van der Waals surface area contributed by atoms with Gasteiger partial charge in [0.1, 0.15) is 0 Å². The second kappa shape index (κ2) is 9.94. The minimum Gasteiger partial charge on any atom is -0.343 e. The predicted molar refractivity (Wildman–Crippen MR) is 86.3 cm³/mol. The molecule has 0 radical (unpaired) electrons. The molecular formula is C14H33NO6Si. The van der Waals surface area contributed by atoms with Crippen LogP contribution in [0, 0.1) is 0 Å². The van der Waals surface area contributed by atoms with E-state index in [1.54, 1.807) is 13.8 Å². The van der Waals surface area contributed by atoms with Crippen molar-refractivity contribution in [3.8, 4) is 0 Å². The van der Waals surface area contributed by atoms with Gasteiger partial charge < -0.3 is 33.5 Å². The van der Waals surface area contributed by atoms with Crippen LogP contribution in [0.2, 0.25) is 12.6 Å². The molecule has 0 aliphatic carbocycles. The maximum Gasteiger partial charge on any atom is 0.343 e. The molecule has 0 saturated heterocycles. The highest BCUT2D eigenvalue weighted by molar-refractivity contribution is 6.66. The predicted octanol–water partition coefficient (Wildman–Crippen LogP) is 2.15. The van der Waals surface area contributed by atoms with Crippen LogP contribution in [0.3, 0.4) is 0 Å². The van der Waals surface area contributed by atoms with Crippen molar-refractivity contribution in [2.24, 2.45) is 5.73 Å². The molecule has 134 valence electrons. The summed E-state index contributed by atoms with van der Waals surface area (Å²) in [5, 5.41) is 0. The van der Waals surface area contributed by atoms with Crippen LogP contribution in [-0.2, 0) is 27.8 Å². The van der Waals surface area contributed by atoms with Gasteiger partial charge >= 0.3 is 8.56 Å². The van der Waals surface area contributed by atoms with Crippen molar-refractivity contribution in [2.75, 3.05) is 34.0 Å². The topological polar surface area (TPSA) is 81.4 Å². The van der Waals surface area contributed by atoms with Crippen LogP contribution in [0.1, 0.15) is 34.1 Å². The third kappa shape index (κ3) is 7.47. The summed E-state index contributed by atoms with van der Waals surface area (Å²) in [5.74, 6) is -2.35. The monoisotopic (exact) mass is 339 g/mol. The maximum atomic E-state index is 6.12. The van der Waals surface area contributed by atoms with E-state index < -0.39 is 20.5 Å². The summed E-state index contributed by atoms with van der Waals surface area (Å²) in [7, 11) is 0.329. The molecule has 7 nitrogen and oxygen atoms in total. The van der Waals surface area contributed by atoms with Gasteiger partial charge in [0.25, 0.3) is 11.9 Å². The fourth-order valence-corrected chi connectivity index (χ4v) is 5.06. The van der Waals surface area contributed by atoms with Crippen LogP contribution in [-0.4, -0.2) is 54.5 Å². The summed E-state index contributed by atoms with van der Waals surface area (Å²) in [6, 6.07) is 0.668. The molecular weight excluding hydrogens is 306 g/mol. The summed E-state index contributed by atoms with van der Waals surface area (Å²) < 4.78 is 34.1. The Morgan fingerprint density at radius 1 is 0.909 bits per heavy atom. The van der Waals surface area contributed by atoms with Crippen molar-refractivity contribution in [2.45, 2.75) is 58.7 Å². The average Bonchev–Trinajstić information content (AvgIpc) is 2.45. The van der Waals surface area contributed by atoms with Crippen molar-refractivity contribution in [1.29, 1.82) is 0 Å². The molecule has 0 amide bonds. The largest absolute Gasteiger partial charge is 0.343 e. The van der Waals surface area contributed by atoms with Crippen LogP contribution in [0.15, 0.2) is 0 Å². The lowest BCUT2D eigenvalue weighted by Gasteiger charge is -2.41. The zero-order chi connectivity index (χ0) is 17.3. The molecule has 2 N–H and O–H groups in total. The summed E-state index contributed by atoms with van der Waals surface area (Å²) in [6.45, 7) is 10.6. The number of hydrogen-bond donors (Lipinski definition) is 1. The molecule has 0 aliphatic heterocycles. The van der Waals surface area contributed by atoms with E-state index in [2.05, 4.69) is 0 Å². The summed E-state index contributed by atoms with van der Waals surface area (Å²) in [5.41, 5.74) is 5.63. The highest BCUT2D eigenvalue weighted by Crippen LogP contribution is 2.30. The highest BCUT2D eigenvalue weighted by Gasteiger charge is 2.46. The Balaban J connectivity index is 5.20. The molecule has 0 aromatic rings. The van der Waals surface area contributed by atoms with Gasteiger partial charge in [-0.25, -0.2) is 0 Å². The van der Waals surface area contributed by atoms with E-state index in [1.807, 2.05) is 20.4 Å². The fraction of sp³-hybridized carbons (Fsp3) is 1.00. The number of ether oxygens (including phenoxy) is 4. The first-order chi connectivity index (χ1) is 10.2. The van der Waals surface area contributed by atoms with Gasteiger partial charge in [0, 0.05) is 41.3 Å². The van der Waals surface area contributed by atoms with E-state index in [0.717, 1.165) is 6.42 Å². The molecule has 2 unspecified atom stereocenters. The number of nitrogens with two attached hydrogens (primary N) is 1. The van der Waals surface area contributed by atoms with E-state index in [0.29, 0.717) is 25.8 Å². The van der Waals surface area contributed by atoms with Gasteiger partial charge in [0.2, 0.25) is 0 Å². The van der Waals surface area contributed by atoms with Crippen LogP contribution in [0.5, 0.6) is 0 Å². The SMILES string of the molecule is CCOC(C)(OC)O[Si](C)(CCCN)OC(C)(OC)OCC. The Labute approximate surface area is 135 Å².